The molecule has 0 spiro atoms. The molecule has 2 N–H and O–H groups in total. The van der Waals surface area contributed by atoms with Gasteiger partial charge in [-0.3, -0.25) is 0 Å². The zero-order chi connectivity index (χ0) is 14.5. The summed E-state index contributed by atoms with van der Waals surface area (Å²) in [5, 5.41) is 18.3. The van der Waals surface area contributed by atoms with Crippen LogP contribution in [0.1, 0.15) is 50.8 Å². The third-order valence-electron chi connectivity index (χ3n) is 3.79. The maximum Gasteiger partial charge on any atom is 0.0481 e. The van der Waals surface area contributed by atoms with Gasteiger partial charge >= 0.3 is 0 Å². The molecule has 2 heteroatoms. The summed E-state index contributed by atoms with van der Waals surface area (Å²) in [7, 11) is 0. The minimum Gasteiger partial charge on any atom is -0.396 e. The highest BCUT2D eigenvalue weighted by molar-refractivity contribution is 5.35. The lowest BCUT2D eigenvalue weighted by molar-refractivity contribution is 0.144. The van der Waals surface area contributed by atoms with Crippen LogP contribution in [0.3, 0.4) is 0 Å². The first-order chi connectivity index (χ1) is 8.92. The molecule has 0 aromatic heterocycles. The largest absolute Gasteiger partial charge is 0.396 e. The lowest BCUT2D eigenvalue weighted by Gasteiger charge is -2.22. The van der Waals surface area contributed by atoms with Crippen molar-refractivity contribution in [3.05, 3.63) is 34.9 Å². The number of hydrogen-bond acceptors (Lipinski definition) is 2. The fourth-order valence-corrected chi connectivity index (χ4v) is 2.27. The Bertz CT molecular complexity index is 387. The average molecular weight is 264 g/mol. The van der Waals surface area contributed by atoms with E-state index in [1.54, 1.807) is 0 Å². The molecular weight excluding hydrogens is 236 g/mol. The number of aliphatic hydroxyl groups excluding tert-OH is 2. The van der Waals surface area contributed by atoms with E-state index in [4.69, 9.17) is 10.2 Å². The van der Waals surface area contributed by atoms with E-state index in [0.29, 0.717) is 0 Å². The Kier molecular flexibility index (Phi) is 6.02. The summed E-state index contributed by atoms with van der Waals surface area (Å²) in [5.41, 5.74) is 4.25. The van der Waals surface area contributed by atoms with E-state index in [0.717, 1.165) is 19.3 Å². The van der Waals surface area contributed by atoms with Gasteiger partial charge in [0, 0.05) is 19.1 Å². The van der Waals surface area contributed by atoms with E-state index in [2.05, 4.69) is 45.9 Å². The van der Waals surface area contributed by atoms with E-state index in [1.165, 1.54) is 16.7 Å². The third kappa shape index (κ3) is 4.63. The molecule has 19 heavy (non-hydrogen) atoms. The van der Waals surface area contributed by atoms with Crippen molar-refractivity contribution in [1.82, 2.24) is 0 Å². The monoisotopic (exact) mass is 264 g/mol. The molecule has 0 fully saturated rings. The minimum atomic E-state index is 0.00278. The van der Waals surface area contributed by atoms with Crippen molar-refractivity contribution in [2.24, 2.45) is 5.92 Å². The number of rotatable bonds is 6. The fourth-order valence-electron chi connectivity index (χ4n) is 2.27. The van der Waals surface area contributed by atoms with Gasteiger partial charge in [0.25, 0.3) is 0 Å². The molecule has 108 valence electrons. The zero-order valence-corrected chi connectivity index (χ0v) is 12.7. The zero-order valence-electron chi connectivity index (χ0n) is 12.7. The Morgan fingerprint density at radius 3 is 2.16 bits per heavy atom. The predicted octanol–water partition coefficient (Wildman–Crippen LogP) is 3.08. The molecule has 0 saturated heterocycles. The Morgan fingerprint density at radius 1 is 1.05 bits per heavy atom. The number of aliphatic hydroxyl groups is 2. The molecule has 0 aliphatic rings. The van der Waals surface area contributed by atoms with Gasteiger partial charge in [0.2, 0.25) is 0 Å². The summed E-state index contributed by atoms with van der Waals surface area (Å²) in [4.78, 5) is 0. The molecule has 0 aliphatic heterocycles. The predicted molar refractivity (Wildman–Crippen MR) is 80.5 cm³/mol. The van der Waals surface area contributed by atoms with Crippen molar-refractivity contribution in [3.63, 3.8) is 0 Å². The van der Waals surface area contributed by atoms with Gasteiger partial charge in [-0.05, 0) is 41.4 Å². The second-order valence-electron chi connectivity index (χ2n) is 6.36. The normalized spacial score (nSPS) is 12.2. The summed E-state index contributed by atoms with van der Waals surface area (Å²) in [6.07, 6.45) is 2.80. The average Bonchev–Trinajstić information content (AvgIpc) is 2.38. The Balaban J connectivity index is 2.90. The standard InChI is InChI=1S/C17H28O2/c1-5-14-8-9-16(17(2,3)4)10-15(14)7-6-13(11-18)12-19/h8-10,13,18-19H,5-7,11-12H2,1-4H3. The van der Waals surface area contributed by atoms with E-state index in [9.17, 15) is 0 Å². The van der Waals surface area contributed by atoms with E-state index >= 15 is 0 Å². The van der Waals surface area contributed by atoms with Crippen molar-refractivity contribution in [2.75, 3.05) is 13.2 Å². The van der Waals surface area contributed by atoms with Gasteiger partial charge in [0.1, 0.15) is 0 Å². The SMILES string of the molecule is CCc1ccc(C(C)(C)C)cc1CCC(CO)CO. The summed E-state index contributed by atoms with van der Waals surface area (Å²) < 4.78 is 0. The van der Waals surface area contributed by atoms with Crippen LogP contribution in [-0.4, -0.2) is 23.4 Å². The molecule has 0 bridgehead atoms. The van der Waals surface area contributed by atoms with Gasteiger partial charge in [-0.1, -0.05) is 45.9 Å². The smallest absolute Gasteiger partial charge is 0.0481 e. The van der Waals surface area contributed by atoms with Crippen LogP contribution < -0.4 is 0 Å². The second-order valence-corrected chi connectivity index (χ2v) is 6.36. The summed E-state index contributed by atoms with van der Waals surface area (Å²) in [6, 6.07) is 6.74. The van der Waals surface area contributed by atoms with Gasteiger partial charge in [0.05, 0.1) is 0 Å². The topological polar surface area (TPSA) is 40.5 Å². The maximum absolute atomic E-state index is 9.15. The first-order valence-corrected chi connectivity index (χ1v) is 7.26. The highest BCUT2D eigenvalue weighted by Gasteiger charge is 2.15. The molecule has 0 radical (unpaired) electrons. The summed E-state index contributed by atoms with van der Waals surface area (Å²) >= 11 is 0. The molecule has 1 rings (SSSR count). The third-order valence-corrected chi connectivity index (χ3v) is 3.79. The highest BCUT2D eigenvalue weighted by Crippen LogP contribution is 2.26. The molecule has 1 aromatic rings. The first kappa shape index (κ1) is 16.2. The van der Waals surface area contributed by atoms with Crippen LogP contribution in [-0.2, 0) is 18.3 Å². The number of hydrogen-bond donors (Lipinski definition) is 2. The molecule has 0 aliphatic carbocycles. The van der Waals surface area contributed by atoms with Crippen LogP contribution in [0.5, 0.6) is 0 Å². The molecule has 0 atom stereocenters. The molecule has 0 saturated carbocycles. The maximum atomic E-state index is 9.15. The van der Waals surface area contributed by atoms with Crippen LogP contribution in [0.4, 0.5) is 0 Å². The molecule has 0 unspecified atom stereocenters. The van der Waals surface area contributed by atoms with Crippen LogP contribution in [0.2, 0.25) is 0 Å². The summed E-state index contributed by atoms with van der Waals surface area (Å²) in [5.74, 6) is 0.00278. The minimum absolute atomic E-state index is 0.00278. The Morgan fingerprint density at radius 2 is 1.68 bits per heavy atom. The molecule has 0 heterocycles. The van der Waals surface area contributed by atoms with Gasteiger partial charge in [-0.25, -0.2) is 0 Å². The van der Waals surface area contributed by atoms with Gasteiger partial charge in [0.15, 0.2) is 0 Å². The van der Waals surface area contributed by atoms with Crippen LogP contribution in [0.25, 0.3) is 0 Å². The van der Waals surface area contributed by atoms with Gasteiger partial charge in [-0.15, -0.1) is 0 Å². The Hall–Kier alpha value is -0.860. The van der Waals surface area contributed by atoms with Crippen LogP contribution in [0.15, 0.2) is 18.2 Å². The van der Waals surface area contributed by atoms with Gasteiger partial charge < -0.3 is 10.2 Å². The second kappa shape index (κ2) is 7.06. The number of benzene rings is 1. The lowest BCUT2D eigenvalue weighted by Crippen LogP contribution is -2.14. The Labute approximate surface area is 117 Å². The van der Waals surface area contributed by atoms with E-state index in [1.807, 2.05) is 0 Å². The molecule has 0 amide bonds. The summed E-state index contributed by atoms with van der Waals surface area (Å²) in [6.45, 7) is 8.98. The number of aryl methyl sites for hydroxylation is 2. The molecule has 2 nitrogen and oxygen atoms in total. The van der Waals surface area contributed by atoms with Crippen molar-refractivity contribution in [2.45, 2.75) is 52.4 Å². The lowest BCUT2D eigenvalue weighted by atomic mass is 9.84. The van der Waals surface area contributed by atoms with E-state index in [-0.39, 0.29) is 24.5 Å². The van der Waals surface area contributed by atoms with Gasteiger partial charge in [-0.2, -0.15) is 0 Å². The quantitative estimate of drug-likeness (QED) is 0.829. The van der Waals surface area contributed by atoms with E-state index < -0.39 is 0 Å². The highest BCUT2D eigenvalue weighted by atomic mass is 16.3. The van der Waals surface area contributed by atoms with Crippen molar-refractivity contribution in [1.29, 1.82) is 0 Å². The van der Waals surface area contributed by atoms with Crippen molar-refractivity contribution in [3.8, 4) is 0 Å². The molecular formula is C17H28O2. The molecule has 1 aromatic carbocycles. The van der Waals surface area contributed by atoms with Crippen LogP contribution >= 0.6 is 0 Å². The first-order valence-electron chi connectivity index (χ1n) is 7.26. The fraction of sp³-hybridized carbons (Fsp3) is 0.647. The van der Waals surface area contributed by atoms with Crippen molar-refractivity contribution >= 4 is 0 Å². The van der Waals surface area contributed by atoms with Crippen molar-refractivity contribution < 1.29 is 10.2 Å². The van der Waals surface area contributed by atoms with Crippen LogP contribution in [0, 0.1) is 5.92 Å².